The number of halogens is 2. The highest BCUT2D eigenvalue weighted by Gasteiger charge is 2.19. The number of likely N-dealkylation sites (N-methyl/N-ethyl adjacent to an activating group) is 1. The van der Waals surface area contributed by atoms with Gasteiger partial charge in [-0.2, -0.15) is 0 Å². The van der Waals surface area contributed by atoms with Gasteiger partial charge >= 0.3 is 0 Å². The highest BCUT2D eigenvalue weighted by molar-refractivity contribution is 5.21. The average molecular weight is 270 g/mol. The van der Waals surface area contributed by atoms with Gasteiger partial charge in [-0.3, -0.25) is 0 Å². The predicted octanol–water partition coefficient (Wildman–Crippen LogP) is 1.95. The largest absolute Gasteiger partial charge is 0.374 e. The molecule has 0 saturated carbocycles. The van der Waals surface area contributed by atoms with Gasteiger partial charge in [0, 0.05) is 37.3 Å². The fraction of sp³-hybridized carbons (Fsp3) is 0.571. The molecule has 0 aromatic heterocycles. The second kappa shape index (κ2) is 6.41. The molecule has 0 spiro atoms. The van der Waals surface area contributed by atoms with Crippen LogP contribution < -0.4 is 5.32 Å². The van der Waals surface area contributed by atoms with E-state index >= 15 is 0 Å². The molecule has 0 bridgehead atoms. The molecule has 1 aliphatic rings. The maximum atomic E-state index is 13.6. The monoisotopic (exact) mass is 270 g/mol. The molecule has 106 valence electrons. The average Bonchev–Trinajstić information content (AvgIpc) is 2.36. The van der Waals surface area contributed by atoms with E-state index in [0.29, 0.717) is 12.1 Å². The zero-order chi connectivity index (χ0) is 13.8. The van der Waals surface area contributed by atoms with Crippen LogP contribution >= 0.6 is 0 Å². The predicted molar refractivity (Wildman–Crippen MR) is 70.0 cm³/mol. The maximum Gasteiger partial charge on any atom is 0.130 e. The van der Waals surface area contributed by atoms with Crippen LogP contribution in [-0.4, -0.2) is 44.3 Å². The molecule has 1 saturated heterocycles. The highest BCUT2D eigenvalue weighted by atomic mass is 19.1. The summed E-state index contributed by atoms with van der Waals surface area (Å²) >= 11 is 0. The molecule has 2 rings (SSSR count). The number of benzene rings is 1. The topological polar surface area (TPSA) is 24.5 Å². The van der Waals surface area contributed by atoms with Gasteiger partial charge in [0.25, 0.3) is 0 Å². The van der Waals surface area contributed by atoms with E-state index in [4.69, 9.17) is 4.74 Å². The summed E-state index contributed by atoms with van der Waals surface area (Å²) in [5.74, 6) is -1.06. The molecule has 19 heavy (non-hydrogen) atoms. The minimum Gasteiger partial charge on any atom is -0.374 e. The molecule has 5 heteroatoms. The third-order valence-corrected chi connectivity index (χ3v) is 3.42. The summed E-state index contributed by atoms with van der Waals surface area (Å²) in [4.78, 5) is 2.21. The quantitative estimate of drug-likeness (QED) is 0.905. The smallest absolute Gasteiger partial charge is 0.130 e. The number of nitrogens with zero attached hydrogens (tertiary/aromatic N) is 1. The van der Waals surface area contributed by atoms with E-state index in [1.807, 2.05) is 6.92 Å². The van der Waals surface area contributed by atoms with E-state index < -0.39 is 11.6 Å². The van der Waals surface area contributed by atoms with Crippen molar-refractivity contribution in [1.82, 2.24) is 10.2 Å². The van der Waals surface area contributed by atoms with Crippen molar-refractivity contribution in [3.05, 3.63) is 35.4 Å². The van der Waals surface area contributed by atoms with Gasteiger partial charge in [0.2, 0.25) is 0 Å². The lowest BCUT2D eigenvalue weighted by Gasteiger charge is -2.31. The Kier molecular flexibility index (Phi) is 4.85. The van der Waals surface area contributed by atoms with Crippen LogP contribution in [0.2, 0.25) is 0 Å². The van der Waals surface area contributed by atoms with Crippen LogP contribution in [0.3, 0.4) is 0 Å². The van der Waals surface area contributed by atoms with Gasteiger partial charge < -0.3 is 15.0 Å². The van der Waals surface area contributed by atoms with Crippen molar-refractivity contribution in [2.75, 3.05) is 33.3 Å². The van der Waals surface area contributed by atoms with Crippen molar-refractivity contribution in [1.29, 1.82) is 0 Å². The third kappa shape index (κ3) is 3.96. The van der Waals surface area contributed by atoms with Crippen LogP contribution in [0.1, 0.15) is 18.5 Å². The summed E-state index contributed by atoms with van der Waals surface area (Å²) < 4.78 is 32.1. The van der Waals surface area contributed by atoms with Crippen molar-refractivity contribution >= 4 is 0 Å². The first kappa shape index (κ1) is 14.4. The number of morpholine rings is 1. The number of nitrogens with one attached hydrogen (secondary N) is 1. The molecule has 0 amide bonds. The van der Waals surface area contributed by atoms with E-state index in [1.54, 1.807) is 0 Å². The van der Waals surface area contributed by atoms with Crippen molar-refractivity contribution in [3.63, 3.8) is 0 Å². The minimum atomic E-state index is -0.550. The normalized spacial score (nSPS) is 22.4. The molecule has 3 nitrogen and oxygen atoms in total. The van der Waals surface area contributed by atoms with E-state index in [-0.39, 0.29) is 12.1 Å². The molecule has 1 heterocycles. The molecular formula is C14H20F2N2O. The van der Waals surface area contributed by atoms with Gasteiger partial charge in [0.05, 0.1) is 12.7 Å². The molecule has 0 unspecified atom stereocenters. The van der Waals surface area contributed by atoms with E-state index in [9.17, 15) is 8.78 Å². The summed E-state index contributed by atoms with van der Waals surface area (Å²) in [7, 11) is 2.05. The lowest BCUT2D eigenvalue weighted by atomic mass is 10.1. The fourth-order valence-corrected chi connectivity index (χ4v) is 2.26. The van der Waals surface area contributed by atoms with Crippen molar-refractivity contribution in [3.8, 4) is 0 Å². The number of ether oxygens (including phenoxy) is 1. The van der Waals surface area contributed by atoms with Crippen molar-refractivity contribution < 1.29 is 13.5 Å². The van der Waals surface area contributed by atoms with Gasteiger partial charge in [-0.1, -0.05) is 6.07 Å². The van der Waals surface area contributed by atoms with Crippen molar-refractivity contribution in [2.45, 2.75) is 19.1 Å². The minimum absolute atomic E-state index is 0.115. The van der Waals surface area contributed by atoms with Crippen LogP contribution in [0, 0.1) is 11.6 Å². The molecule has 1 aromatic carbocycles. The molecule has 1 aromatic rings. The summed E-state index contributed by atoms with van der Waals surface area (Å²) in [6, 6.07) is 3.51. The Morgan fingerprint density at radius 2 is 2.26 bits per heavy atom. The van der Waals surface area contributed by atoms with Gasteiger partial charge in [-0.05, 0) is 20.0 Å². The second-order valence-corrected chi connectivity index (χ2v) is 5.05. The lowest BCUT2D eigenvalue weighted by molar-refractivity contribution is -0.0191. The van der Waals surface area contributed by atoms with Gasteiger partial charge in [0.15, 0.2) is 0 Å². The summed E-state index contributed by atoms with van der Waals surface area (Å²) in [5, 5.41) is 3.24. The Balaban J connectivity index is 1.88. The lowest BCUT2D eigenvalue weighted by Crippen LogP contribution is -2.45. The van der Waals surface area contributed by atoms with Crippen LogP contribution in [0.4, 0.5) is 8.78 Å². The van der Waals surface area contributed by atoms with Crippen LogP contribution in [-0.2, 0) is 4.74 Å². The van der Waals surface area contributed by atoms with Crippen LogP contribution in [0.25, 0.3) is 0 Å². The summed E-state index contributed by atoms with van der Waals surface area (Å²) in [5.41, 5.74) is 0.477. The third-order valence-electron chi connectivity index (χ3n) is 3.42. The first-order valence-corrected chi connectivity index (χ1v) is 6.54. The Hall–Kier alpha value is -1.04. The van der Waals surface area contributed by atoms with Gasteiger partial charge in [0.1, 0.15) is 11.6 Å². The highest BCUT2D eigenvalue weighted by Crippen LogP contribution is 2.17. The SMILES string of the molecule is C[C@H](NC[C@H]1CN(C)CCO1)c1ccc(F)cc1F. The molecule has 1 N–H and O–H groups in total. The standard InChI is InChI=1S/C14H20F2N2O/c1-10(13-4-3-11(15)7-14(13)16)17-8-12-9-18(2)5-6-19-12/h3-4,7,10,12,17H,5-6,8-9H2,1-2H3/t10-,12-/m0/s1. The molecule has 2 atom stereocenters. The zero-order valence-electron chi connectivity index (χ0n) is 11.3. The van der Waals surface area contributed by atoms with E-state index in [0.717, 1.165) is 25.8 Å². The molecule has 1 aliphatic heterocycles. The Labute approximate surface area is 112 Å². The summed E-state index contributed by atoms with van der Waals surface area (Å²) in [6.45, 7) is 5.05. The first-order valence-electron chi connectivity index (χ1n) is 6.54. The van der Waals surface area contributed by atoms with Gasteiger partial charge in [-0.25, -0.2) is 8.78 Å². The van der Waals surface area contributed by atoms with Gasteiger partial charge in [-0.15, -0.1) is 0 Å². The Morgan fingerprint density at radius 3 is 2.95 bits per heavy atom. The molecule has 0 radical (unpaired) electrons. The number of hydrogen-bond acceptors (Lipinski definition) is 3. The van der Waals surface area contributed by atoms with E-state index in [2.05, 4.69) is 17.3 Å². The number of hydrogen-bond donors (Lipinski definition) is 1. The van der Waals surface area contributed by atoms with E-state index in [1.165, 1.54) is 12.1 Å². The van der Waals surface area contributed by atoms with Crippen molar-refractivity contribution in [2.24, 2.45) is 0 Å². The Morgan fingerprint density at radius 1 is 1.47 bits per heavy atom. The van der Waals surface area contributed by atoms with Crippen LogP contribution in [0.5, 0.6) is 0 Å². The zero-order valence-corrected chi connectivity index (χ0v) is 11.3. The molecular weight excluding hydrogens is 250 g/mol. The molecule has 1 fully saturated rings. The number of rotatable bonds is 4. The maximum absolute atomic E-state index is 13.6. The van der Waals surface area contributed by atoms with Crippen LogP contribution in [0.15, 0.2) is 18.2 Å². The Bertz CT molecular complexity index is 428. The second-order valence-electron chi connectivity index (χ2n) is 5.05. The molecule has 0 aliphatic carbocycles. The first-order chi connectivity index (χ1) is 9.06. The summed E-state index contributed by atoms with van der Waals surface area (Å²) in [6.07, 6.45) is 0.115. The fourth-order valence-electron chi connectivity index (χ4n) is 2.26.